The summed E-state index contributed by atoms with van der Waals surface area (Å²) >= 11 is -1.44. The number of nitrogens with zero attached hydrogens (tertiary/aromatic N) is 2. The number of aromatic nitrogens is 1. The molecule has 18 atom stereocenters. The number of likely N-dealkylation sites (tertiary alicyclic amines) is 1. The number of hydrogen-bond acceptors (Lipinski definition) is 34. The van der Waals surface area contributed by atoms with E-state index in [9.17, 15) is 83.3 Å². The molecule has 2 amide bonds. The number of anilines is 2. The van der Waals surface area contributed by atoms with Gasteiger partial charge >= 0.3 is 46.0 Å². The molecule has 13 N–H and O–H groups in total. The molecule has 8 heterocycles. The van der Waals surface area contributed by atoms with Crippen molar-refractivity contribution in [3.63, 3.8) is 0 Å². The van der Waals surface area contributed by atoms with Crippen LogP contribution in [0.1, 0.15) is 196 Å². The van der Waals surface area contributed by atoms with E-state index in [0.29, 0.717) is 22.7 Å². The number of aliphatic hydroxyl groups excluding tert-OH is 5. The minimum absolute atomic E-state index is 0. The van der Waals surface area contributed by atoms with E-state index >= 15 is 0 Å². The van der Waals surface area contributed by atoms with Gasteiger partial charge in [-0.05, 0) is 124 Å². The van der Waals surface area contributed by atoms with Crippen LogP contribution in [-0.2, 0) is 70.1 Å². The van der Waals surface area contributed by atoms with Crippen molar-refractivity contribution in [1.82, 2.24) is 20.5 Å². The summed E-state index contributed by atoms with van der Waals surface area (Å²) in [7, 11) is 3.98. The third-order valence-electron chi connectivity index (χ3n) is 26.6. The standard InChI is InChI=1S/C48H57N3O13.C37H45NO12.C12H18N2O2.C7H8.C2H6O.CH3F.CH4.Mn.2O/c1-22-11-10-12-23(2)47(58)51-38-42(56)35-34(37-45(38)63-33-21-30(13-14-31(33)50-37)62-29-15-18-49-19-16-29)36-44(27(6)41(35)55)64-48(8,46(36)57)60-20-17-32(59-9)24(3)43(61-28(7)52)26(5)40(54)25(4)39(22)53;1-16-11-10-12-17(2)36(46)38-23-15-24(40)26-27(32(23)44)31(43)21(6)34-28(26)35(45)37(8,50-34)48-14-13-25(47-9)18(3)33(49-22(7)39)20(5)30(42)19(4)29(16)41;1-14-6-4-9(5-7-14)16-10-2-3-11(13)12(15)8-10;1-7-5-3-2-4-6-7;1-2-3;1-2;;;;/h10-14,17,20-22,24-26,29,32,39-40,43,49,53-54,56H,15-16,18-19H2,1-9H3,(H,51,58);10-16,18-20,25,29-30,33,41-43H,1-9H3,(H,38,46);2-3,8-9,15H,4-7,13H2,1H3;2-6H,1H3;3H,2H2,1H3;1H3;1H4;;;/b11-10+,20-17+,23-12-;11-10+,14-13+,17-12-;;;;;;;;/t22-,24+,25+,26+,32-,39-,40+,43+,48-;16-,18+,19+,20+,25-,29-,30+,33+,37-;;;;;;;;/m00......../s1/i;;;;;1D;;;;. The maximum absolute atomic E-state index is 14.7. The number of phenolic OH excluding ortho intramolecular Hbond substituents is 3. The fourth-order valence-corrected chi connectivity index (χ4v) is 18.0. The van der Waals surface area contributed by atoms with E-state index in [1.165, 1.54) is 98.8 Å². The number of aryl methyl sites for hydroxylation is 1. The number of esters is 2. The summed E-state index contributed by atoms with van der Waals surface area (Å²) in [5, 5.41) is 93.9. The maximum atomic E-state index is 14.7. The van der Waals surface area contributed by atoms with Gasteiger partial charge in [-0.1, -0.05) is 135 Å². The Balaban J connectivity index is 0.000000308. The first-order chi connectivity index (χ1) is 69.0. The summed E-state index contributed by atoms with van der Waals surface area (Å²) in [6.45, 7) is 32.7. The normalized spacial score (nSPS) is 27.9. The number of amides is 2. The van der Waals surface area contributed by atoms with E-state index in [4.69, 9.17) is 76.7 Å². The summed E-state index contributed by atoms with van der Waals surface area (Å²) < 4.78 is 97.8. The third-order valence-corrected chi connectivity index (χ3v) is 26.6. The average Bonchev–Trinajstić information content (AvgIpc) is 1.62. The van der Waals surface area contributed by atoms with Crippen molar-refractivity contribution in [3.8, 4) is 40.2 Å². The van der Waals surface area contributed by atoms with Gasteiger partial charge in [0.1, 0.15) is 75.6 Å². The number of halogens is 1. The number of hydrogen-bond donors (Lipinski definition) is 12. The van der Waals surface area contributed by atoms with Crippen LogP contribution in [0, 0.1) is 68.1 Å². The van der Waals surface area contributed by atoms with Gasteiger partial charge in [0.25, 0.3) is 23.4 Å². The molecule has 38 heteroatoms. The van der Waals surface area contributed by atoms with Gasteiger partial charge in [-0.25, -0.2) is 4.98 Å². The number of piperidine rings is 2. The number of aliphatic hydroxyl groups is 5. The number of carbonyl (C=O) groups excluding carboxylic acids is 8. The minimum atomic E-state index is -2.04. The van der Waals surface area contributed by atoms with Crippen molar-refractivity contribution < 1.29 is 159 Å². The van der Waals surface area contributed by atoms with Crippen molar-refractivity contribution in [3.05, 3.63) is 200 Å². The number of nitrogens with two attached hydrogens (primary N) is 1. The van der Waals surface area contributed by atoms with E-state index in [1.54, 1.807) is 130 Å². The molecule has 0 radical (unpaired) electrons. The van der Waals surface area contributed by atoms with Crippen LogP contribution in [0.2, 0.25) is 0 Å². The van der Waals surface area contributed by atoms with Gasteiger partial charge in [-0.2, -0.15) is 0 Å². The summed E-state index contributed by atoms with van der Waals surface area (Å²) in [5.74, 6) is -14.9. The summed E-state index contributed by atoms with van der Waals surface area (Å²) in [6, 6.07) is 20.4. The molecule has 1 aromatic heterocycles. The fourth-order valence-electron chi connectivity index (χ4n) is 18.0. The number of ketones is 4. The molecule has 797 valence electrons. The molecule has 0 unspecified atom stereocenters. The van der Waals surface area contributed by atoms with Crippen molar-refractivity contribution in [2.45, 2.75) is 230 Å². The first-order valence-corrected chi connectivity index (χ1v) is 48.6. The van der Waals surface area contributed by atoms with E-state index in [-0.39, 0.29) is 116 Å². The third kappa shape index (κ3) is 28.6. The van der Waals surface area contributed by atoms with Crippen molar-refractivity contribution in [2.24, 2.45) is 47.3 Å². The Labute approximate surface area is 856 Å². The molecule has 36 nitrogen and oxygen atoms in total. The molecule has 8 aliphatic rings. The second-order valence-corrected chi connectivity index (χ2v) is 37.4. The zero-order valence-electron chi connectivity index (χ0n) is 86.5. The molecule has 2 fully saturated rings. The van der Waals surface area contributed by atoms with Gasteiger partial charge in [0.15, 0.2) is 28.1 Å². The number of ether oxygens (including phenoxy) is 10. The predicted octanol–water partition coefficient (Wildman–Crippen LogP) is 14.2. The van der Waals surface area contributed by atoms with Crippen molar-refractivity contribution >= 4 is 91.2 Å². The van der Waals surface area contributed by atoms with Crippen LogP contribution in [0.15, 0.2) is 160 Å². The average molecular weight is 2080 g/mol. The van der Waals surface area contributed by atoms with Crippen LogP contribution in [0.3, 0.4) is 0 Å². The SMILES string of the molecule is C.CCO.CN1CCC(Oc2ccc(N)c(O)c2)CC1.CO[C@H]1/C=C/O[C@@]2(C)Oc3c(C)c(=O)c4c(O)c(c5oc6cc(OC7CCNCC7)ccc6nc5c4c3C2=O)NC(=O)/C(C)=C\C=C\[C@H](C)[C@H](O)[C@@H](C)[C@@H](O)[C@@H](C)[C@H](OC(C)=O)[C@@H]1C.CO[C@H]1/C=C/O[C@@]2(C)Oc3c(C)c(O)c4c(c3C2=O)C(=O)C=C(NC(=O)/C(C)=C\C=C\[C@H](C)[C@H](O)[C@@H](C)[C@@H](O)[C@@H](C)[C@H](OC(C)=O)[C@@H]1C)C4=O.Cc1ccccc1.[2H]CF.[O]=[Mn]=[O]. The fraction of sp³-hybridized carbons (Fsp3) is 0.481. The molecule has 9 bridgehead atoms. The Kier molecular flexibility index (Phi) is 44.0. The number of carbonyl (C=O) groups is 8. The van der Waals surface area contributed by atoms with Crippen LogP contribution in [0.4, 0.5) is 15.8 Å². The van der Waals surface area contributed by atoms with E-state index < -0.39 is 205 Å². The second kappa shape index (κ2) is 54.2. The second-order valence-electron chi connectivity index (χ2n) is 37.2. The number of benzene rings is 6. The molecule has 0 saturated carbocycles. The zero-order valence-corrected chi connectivity index (χ0v) is 86.6. The van der Waals surface area contributed by atoms with Crippen LogP contribution in [0.25, 0.3) is 33.0 Å². The molecule has 2 saturated heterocycles. The van der Waals surface area contributed by atoms with Gasteiger partial charge < -0.3 is 119 Å². The van der Waals surface area contributed by atoms with Gasteiger partial charge in [-0.15, -0.1) is 0 Å². The van der Waals surface area contributed by atoms with Gasteiger partial charge in [0, 0.05) is 155 Å². The Hall–Kier alpha value is -12.6. The predicted molar refractivity (Wildman–Crippen MR) is 540 cm³/mol. The number of nitrogen functional groups attached to an aromatic ring is 1. The number of nitrogens with one attached hydrogen (secondary N) is 3. The molecule has 146 heavy (non-hydrogen) atoms. The number of Topliss-reactive ketones (excluding diaryl/α,β-unsaturated/α-hetero) is 3. The van der Waals surface area contributed by atoms with Crippen LogP contribution < -0.4 is 46.1 Å². The Morgan fingerprint density at radius 2 is 1.07 bits per heavy atom. The Morgan fingerprint density at radius 1 is 0.610 bits per heavy atom. The quantitative estimate of drug-likeness (QED) is 0.0168. The van der Waals surface area contributed by atoms with Crippen LogP contribution >= 0.6 is 0 Å². The number of alkyl halides is 1. The van der Waals surface area contributed by atoms with Crippen molar-refractivity contribution in [1.29, 1.82) is 0 Å². The van der Waals surface area contributed by atoms with E-state index in [2.05, 4.69) is 47.0 Å². The number of methoxy groups -OCH3 is 2. The Morgan fingerprint density at radius 3 is 1.53 bits per heavy atom. The first kappa shape index (κ1) is 119. The van der Waals surface area contributed by atoms with Crippen LogP contribution in [0.5, 0.6) is 40.2 Å². The zero-order chi connectivity index (χ0) is 109. The summed E-state index contributed by atoms with van der Waals surface area (Å²) in [4.78, 5) is 129. The van der Waals surface area contributed by atoms with Gasteiger partial charge in [0.2, 0.25) is 5.78 Å². The topological polar surface area (TPSA) is 533 Å². The van der Waals surface area contributed by atoms with Crippen LogP contribution in [-0.4, -0.2) is 231 Å². The molecule has 7 aromatic rings. The number of allylic oxidation sites excluding steroid dienone is 6. The van der Waals surface area contributed by atoms with Gasteiger partial charge in [0.05, 0.1) is 96.7 Å². The van der Waals surface area contributed by atoms with Crippen molar-refractivity contribution in [2.75, 3.05) is 72.3 Å². The molecule has 7 aliphatic heterocycles. The number of rotatable bonds is 8. The summed E-state index contributed by atoms with van der Waals surface area (Å²) in [5.41, 5.74) is 5.49. The molecule has 0 spiro atoms. The monoisotopic (exact) mass is 2080 g/mol. The van der Waals surface area contributed by atoms with Gasteiger partial charge in [-0.3, -0.25) is 47.5 Å². The number of fused-ring (bicyclic) bond motifs is 16. The first-order valence-electron chi connectivity index (χ1n) is 48.3. The van der Waals surface area contributed by atoms with E-state index in [1.807, 2.05) is 18.2 Å². The number of phenols is 3. The molecular formula is C108H141FMnN6O30. The Bertz CT molecular complexity index is 6180. The molecule has 1 aliphatic carbocycles. The van der Waals surface area contributed by atoms with E-state index in [0.717, 1.165) is 64.2 Å². The number of aromatic hydroxyl groups is 3. The molecule has 15 rings (SSSR count). The summed E-state index contributed by atoms with van der Waals surface area (Å²) in [6.07, 6.45) is 11.8. The molecule has 6 aromatic carbocycles. The molecular weight excluding hydrogens is 1940 g/mol.